The Morgan fingerprint density at radius 1 is 1.00 bits per heavy atom. The van der Waals surface area contributed by atoms with Gasteiger partial charge in [0, 0.05) is 6.04 Å². The van der Waals surface area contributed by atoms with E-state index in [4.69, 9.17) is 0 Å². The van der Waals surface area contributed by atoms with Crippen LogP contribution in [0.4, 0.5) is 0 Å². The van der Waals surface area contributed by atoms with Gasteiger partial charge in [-0.3, -0.25) is 4.48 Å². The molecule has 3 aliphatic heterocycles. The van der Waals surface area contributed by atoms with E-state index in [2.05, 4.69) is 52.0 Å². The normalized spacial score (nSPS) is 39.7. The molecular weight excluding hydrogens is 255 g/mol. The van der Waals surface area contributed by atoms with Gasteiger partial charge >= 0.3 is 0 Å². The van der Waals surface area contributed by atoms with Crippen LogP contribution in [0.3, 0.4) is 0 Å². The Hall–Kier alpha value is -0.435. The molecule has 0 aromatic carbocycles. The highest BCUT2D eigenvalue weighted by Gasteiger charge is 2.56. The van der Waals surface area contributed by atoms with Gasteiger partial charge in [-0.05, 0) is 27.7 Å². The van der Waals surface area contributed by atoms with Crippen LogP contribution in [0.2, 0.25) is 11.6 Å². The Kier molecular flexibility index (Phi) is 4.16. The van der Waals surface area contributed by atoms with Crippen molar-refractivity contribution in [2.75, 3.05) is 7.05 Å². The summed E-state index contributed by atoms with van der Waals surface area (Å²) in [6.07, 6.45) is 13.8. The maximum atomic E-state index is 2.70. The number of hydrogen-bond donors (Lipinski definition) is 0. The predicted octanol–water partition coefficient (Wildman–Crippen LogP) is 4.50. The van der Waals surface area contributed by atoms with E-state index >= 15 is 0 Å². The van der Waals surface area contributed by atoms with E-state index in [9.17, 15) is 0 Å². The second kappa shape index (κ2) is 5.64. The molecule has 0 spiro atoms. The van der Waals surface area contributed by atoms with Crippen LogP contribution < -0.4 is 0 Å². The third kappa shape index (κ3) is 2.46. The van der Waals surface area contributed by atoms with Crippen molar-refractivity contribution in [1.29, 1.82) is 0 Å². The minimum Gasteiger partial charge on any atom is -0.329 e. The summed E-state index contributed by atoms with van der Waals surface area (Å²) in [5.74, 6) is 1.97. The van der Waals surface area contributed by atoms with Gasteiger partial charge in [0.05, 0.1) is 19.3 Å². The summed E-state index contributed by atoms with van der Waals surface area (Å²) < 4.78 is 1.12. The zero-order chi connectivity index (χ0) is 15.2. The number of hydrogen-bond acceptors (Lipinski definition) is 1. The van der Waals surface area contributed by atoms with Crippen LogP contribution in [0.15, 0.2) is 12.4 Å². The molecule has 0 radical (unpaired) electrons. The maximum absolute atomic E-state index is 2.70. The average molecular weight is 289 g/mol. The molecule has 0 aromatic rings. The number of rotatable bonds is 3. The van der Waals surface area contributed by atoms with E-state index < -0.39 is 0 Å². The summed E-state index contributed by atoms with van der Waals surface area (Å²) in [7, 11) is 2.47. The SMILES string of the molecule is CC(C)N1C=C[N+](C)(C(C)C)C1B1C2CCCC1CCC2. The molecule has 2 saturated heterocycles. The van der Waals surface area contributed by atoms with Crippen LogP contribution >= 0.6 is 0 Å². The van der Waals surface area contributed by atoms with Gasteiger partial charge in [-0.2, -0.15) is 0 Å². The van der Waals surface area contributed by atoms with Gasteiger partial charge in [-0.25, -0.2) is 0 Å². The summed E-state index contributed by atoms with van der Waals surface area (Å²) in [4.78, 5) is 2.70. The van der Waals surface area contributed by atoms with Gasteiger partial charge in [0.15, 0.2) is 0 Å². The van der Waals surface area contributed by atoms with Crippen LogP contribution in [0.5, 0.6) is 0 Å². The van der Waals surface area contributed by atoms with Crippen LogP contribution in [-0.2, 0) is 0 Å². The van der Waals surface area contributed by atoms with Crippen molar-refractivity contribution in [3.05, 3.63) is 12.4 Å². The maximum Gasteiger partial charge on any atom is 0.249 e. The van der Waals surface area contributed by atoms with Crippen LogP contribution in [0.25, 0.3) is 0 Å². The molecule has 3 aliphatic rings. The molecule has 3 rings (SSSR count). The van der Waals surface area contributed by atoms with Crippen LogP contribution in [0, 0.1) is 0 Å². The van der Waals surface area contributed by atoms with Crippen LogP contribution in [0.1, 0.15) is 66.2 Å². The monoisotopic (exact) mass is 289 g/mol. The van der Waals surface area contributed by atoms with Gasteiger partial charge in [0.2, 0.25) is 6.71 Å². The fourth-order valence-corrected chi connectivity index (χ4v) is 5.42. The second-order valence-electron chi connectivity index (χ2n) is 8.53. The van der Waals surface area contributed by atoms with E-state index in [0.717, 1.165) is 22.8 Å². The first-order valence-corrected chi connectivity index (χ1v) is 9.27. The quantitative estimate of drug-likeness (QED) is 0.546. The summed E-state index contributed by atoms with van der Waals surface area (Å²) in [5, 5.41) is 0. The zero-order valence-corrected chi connectivity index (χ0v) is 14.8. The molecule has 3 heteroatoms. The largest absolute Gasteiger partial charge is 0.329 e. The topological polar surface area (TPSA) is 3.24 Å². The lowest BCUT2D eigenvalue weighted by Crippen LogP contribution is -2.65. The van der Waals surface area contributed by atoms with E-state index in [-0.39, 0.29) is 0 Å². The fourth-order valence-electron chi connectivity index (χ4n) is 5.42. The molecule has 0 aliphatic carbocycles. The van der Waals surface area contributed by atoms with Gasteiger partial charge in [0.1, 0.15) is 12.3 Å². The molecule has 2 atom stereocenters. The highest BCUT2D eigenvalue weighted by atomic mass is 15.5. The van der Waals surface area contributed by atoms with Crippen molar-refractivity contribution >= 4 is 6.71 Å². The third-order valence-electron chi connectivity index (χ3n) is 6.88. The molecule has 0 saturated carbocycles. The Balaban J connectivity index is 1.95. The van der Waals surface area contributed by atoms with Crippen molar-refractivity contribution in [1.82, 2.24) is 4.90 Å². The molecule has 0 N–H and O–H groups in total. The molecule has 0 amide bonds. The van der Waals surface area contributed by atoms with E-state index in [0.29, 0.717) is 18.1 Å². The lowest BCUT2D eigenvalue weighted by molar-refractivity contribution is -0.897. The third-order valence-corrected chi connectivity index (χ3v) is 6.88. The molecule has 3 heterocycles. The summed E-state index contributed by atoms with van der Waals surface area (Å²) in [6, 6.07) is 1.96. The summed E-state index contributed by atoms with van der Waals surface area (Å²) in [5.41, 5.74) is 0. The summed E-state index contributed by atoms with van der Waals surface area (Å²) in [6.45, 7) is 10.5. The Labute approximate surface area is 132 Å². The standard InChI is InChI=1S/C18H34BN2/c1-14(2)20-12-13-21(5,15(3)4)18(20)19-16-8-6-9-17(19)11-7-10-16/h12-18H,6-11H2,1-5H3/q+1. The van der Waals surface area contributed by atoms with Crippen molar-refractivity contribution in [3.63, 3.8) is 0 Å². The minimum atomic E-state index is 0.618. The van der Waals surface area contributed by atoms with Gasteiger partial charge < -0.3 is 4.90 Å². The van der Waals surface area contributed by atoms with Crippen molar-refractivity contribution in [2.24, 2.45) is 0 Å². The zero-order valence-electron chi connectivity index (χ0n) is 14.8. The van der Waals surface area contributed by atoms with E-state index in [1.54, 1.807) is 0 Å². The van der Waals surface area contributed by atoms with E-state index in [1.807, 2.05) is 0 Å². The van der Waals surface area contributed by atoms with Crippen molar-refractivity contribution in [2.45, 2.75) is 96.0 Å². The smallest absolute Gasteiger partial charge is 0.249 e. The number of quaternary nitrogens is 1. The Morgan fingerprint density at radius 2 is 1.52 bits per heavy atom. The molecule has 2 fully saturated rings. The fraction of sp³-hybridized carbons (Fsp3) is 0.889. The first kappa shape index (κ1) is 15.5. The first-order valence-electron chi connectivity index (χ1n) is 9.27. The highest BCUT2D eigenvalue weighted by Crippen LogP contribution is 2.50. The molecule has 118 valence electrons. The molecule has 21 heavy (non-hydrogen) atoms. The predicted molar refractivity (Wildman–Crippen MR) is 92.2 cm³/mol. The second-order valence-corrected chi connectivity index (χ2v) is 8.53. The first-order chi connectivity index (χ1) is 9.95. The number of nitrogens with zero attached hydrogens (tertiary/aromatic N) is 2. The minimum absolute atomic E-state index is 0.618. The van der Waals surface area contributed by atoms with E-state index in [1.165, 1.54) is 38.5 Å². The molecular formula is C18H34BN2+. The molecule has 2 bridgehead atoms. The number of fused-ring (bicyclic) bond motifs is 2. The van der Waals surface area contributed by atoms with Crippen LogP contribution in [-0.4, -0.2) is 41.3 Å². The molecule has 2 unspecified atom stereocenters. The van der Waals surface area contributed by atoms with Gasteiger partial charge in [0.25, 0.3) is 0 Å². The lowest BCUT2D eigenvalue weighted by Gasteiger charge is -2.51. The summed E-state index contributed by atoms with van der Waals surface area (Å²) >= 11 is 0. The molecule has 2 nitrogen and oxygen atoms in total. The van der Waals surface area contributed by atoms with Gasteiger partial charge in [-0.1, -0.05) is 50.2 Å². The van der Waals surface area contributed by atoms with Gasteiger partial charge in [-0.15, -0.1) is 0 Å². The van der Waals surface area contributed by atoms with Crippen molar-refractivity contribution in [3.8, 4) is 0 Å². The Morgan fingerprint density at radius 3 is 1.95 bits per heavy atom. The molecule has 0 aromatic heterocycles. The Bertz CT molecular complexity index is 384. The lowest BCUT2D eigenvalue weighted by atomic mass is 9.25. The van der Waals surface area contributed by atoms with Crippen molar-refractivity contribution < 1.29 is 4.48 Å². The average Bonchev–Trinajstić information content (AvgIpc) is 2.77. The highest BCUT2D eigenvalue weighted by molar-refractivity contribution is 6.63.